The minimum Gasteiger partial charge on any atom is -0.398 e. The van der Waals surface area contributed by atoms with Crippen molar-refractivity contribution >= 4 is 27.5 Å². The van der Waals surface area contributed by atoms with Crippen molar-refractivity contribution < 1.29 is 4.79 Å². The van der Waals surface area contributed by atoms with Gasteiger partial charge in [-0.3, -0.25) is 4.79 Å². The fourth-order valence-corrected chi connectivity index (χ4v) is 1.73. The van der Waals surface area contributed by atoms with Gasteiger partial charge in [0.25, 0.3) is 5.91 Å². The zero-order valence-electron chi connectivity index (χ0n) is 11.4. The molecular formula is C14H21BrN2O. The molecule has 3 nitrogen and oxygen atoms in total. The first-order valence-electron chi connectivity index (χ1n) is 6.05. The standard InChI is InChI=1S/C14H21BrN2O/c1-9(14(2,3)4)8-17-13(18)11-7-10(15)5-6-12(11)16/h5-7,9H,8,16H2,1-4H3,(H,17,18). The molecule has 100 valence electrons. The summed E-state index contributed by atoms with van der Waals surface area (Å²) in [7, 11) is 0. The summed E-state index contributed by atoms with van der Waals surface area (Å²) in [6, 6.07) is 5.29. The summed E-state index contributed by atoms with van der Waals surface area (Å²) in [6.07, 6.45) is 0. The van der Waals surface area contributed by atoms with Crippen molar-refractivity contribution in [3.05, 3.63) is 28.2 Å². The number of hydrogen-bond donors (Lipinski definition) is 2. The Kier molecular flexibility index (Phi) is 4.79. The van der Waals surface area contributed by atoms with Gasteiger partial charge in [0.1, 0.15) is 0 Å². The number of carbonyl (C=O) groups is 1. The lowest BCUT2D eigenvalue weighted by Crippen LogP contribution is -2.34. The van der Waals surface area contributed by atoms with Gasteiger partial charge in [-0.15, -0.1) is 0 Å². The summed E-state index contributed by atoms with van der Waals surface area (Å²) in [4.78, 5) is 12.0. The van der Waals surface area contributed by atoms with Crippen molar-refractivity contribution in [2.24, 2.45) is 11.3 Å². The Morgan fingerprint density at radius 2 is 2.06 bits per heavy atom. The predicted octanol–water partition coefficient (Wildman–Crippen LogP) is 3.44. The summed E-state index contributed by atoms with van der Waals surface area (Å²) >= 11 is 3.34. The van der Waals surface area contributed by atoms with E-state index >= 15 is 0 Å². The molecular weight excluding hydrogens is 292 g/mol. The van der Waals surface area contributed by atoms with Crippen LogP contribution in [-0.2, 0) is 0 Å². The quantitative estimate of drug-likeness (QED) is 0.840. The maximum Gasteiger partial charge on any atom is 0.253 e. The van der Waals surface area contributed by atoms with Crippen LogP contribution in [0.25, 0.3) is 0 Å². The molecule has 0 radical (unpaired) electrons. The molecule has 1 rings (SSSR count). The van der Waals surface area contributed by atoms with Gasteiger partial charge in [-0.05, 0) is 29.5 Å². The first kappa shape index (κ1) is 15.0. The van der Waals surface area contributed by atoms with Crippen LogP contribution in [0.1, 0.15) is 38.1 Å². The van der Waals surface area contributed by atoms with E-state index in [-0.39, 0.29) is 11.3 Å². The third-order valence-electron chi connectivity index (χ3n) is 3.31. The Hall–Kier alpha value is -1.03. The van der Waals surface area contributed by atoms with Crippen LogP contribution in [-0.4, -0.2) is 12.5 Å². The topological polar surface area (TPSA) is 55.1 Å². The average molecular weight is 313 g/mol. The van der Waals surface area contributed by atoms with E-state index < -0.39 is 0 Å². The van der Waals surface area contributed by atoms with E-state index in [1.165, 1.54) is 0 Å². The van der Waals surface area contributed by atoms with Gasteiger partial charge < -0.3 is 11.1 Å². The monoisotopic (exact) mass is 312 g/mol. The van der Waals surface area contributed by atoms with Gasteiger partial charge in [-0.25, -0.2) is 0 Å². The second-order valence-corrected chi connectivity index (χ2v) is 6.62. The van der Waals surface area contributed by atoms with Gasteiger partial charge in [0.2, 0.25) is 0 Å². The van der Waals surface area contributed by atoms with Crippen LogP contribution < -0.4 is 11.1 Å². The lowest BCUT2D eigenvalue weighted by atomic mass is 9.82. The number of hydrogen-bond acceptors (Lipinski definition) is 2. The SMILES string of the molecule is CC(CNC(=O)c1cc(Br)ccc1N)C(C)(C)C. The molecule has 0 spiro atoms. The molecule has 0 aliphatic rings. The molecule has 1 aromatic rings. The Morgan fingerprint density at radius 3 is 2.61 bits per heavy atom. The maximum atomic E-state index is 12.0. The number of nitrogen functional groups attached to an aromatic ring is 1. The minimum absolute atomic E-state index is 0.120. The highest BCUT2D eigenvalue weighted by Crippen LogP contribution is 2.24. The number of nitrogens with one attached hydrogen (secondary N) is 1. The molecule has 0 saturated carbocycles. The molecule has 1 aromatic carbocycles. The fraction of sp³-hybridized carbons (Fsp3) is 0.500. The molecule has 0 aromatic heterocycles. The first-order valence-corrected chi connectivity index (χ1v) is 6.84. The van der Waals surface area contributed by atoms with Crippen LogP contribution in [0.4, 0.5) is 5.69 Å². The number of benzene rings is 1. The lowest BCUT2D eigenvalue weighted by molar-refractivity contribution is 0.0938. The highest BCUT2D eigenvalue weighted by molar-refractivity contribution is 9.10. The average Bonchev–Trinajstić information content (AvgIpc) is 2.27. The van der Waals surface area contributed by atoms with Crippen LogP contribution in [0.2, 0.25) is 0 Å². The summed E-state index contributed by atoms with van der Waals surface area (Å²) < 4.78 is 0.853. The minimum atomic E-state index is -0.120. The third kappa shape index (κ3) is 4.02. The van der Waals surface area contributed by atoms with Gasteiger partial charge in [0.05, 0.1) is 5.56 Å². The zero-order valence-corrected chi connectivity index (χ0v) is 13.0. The van der Waals surface area contributed by atoms with Crippen LogP contribution in [0.5, 0.6) is 0 Å². The highest BCUT2D eigenvalue weighted by atomic mass is 79.9. The number of amides is 1. The lowest BCUT2D eigenvalue weighted by Gasteiger charge is -2.27. The predicted molar refractivity (Wildman–Crippen MR) is 79.5 cm³/mol. The summed E-state index contributed by atoms with van der Waals surface area (Å²) in [5.74, 6) is 0.278. The summed E-state index contributed by atoms with van der Waals surface area (Å²) in [6.45, 7) is 9.27. The second-order valence-electron chi connectivity index (χ2n) is 5.71. The highest BCUT2D eigenvalue weighted by Gasteiger charge is 2.21. The third-order valence-corrected chi connectivity index (χ3v) is 3.80. The van der Waals surface area contributed by atoms with Crippen LogP contribution in [0, 0.1) is 11.3 Å². The van der Waals surface area contributed by atoms with Gasteiger partial charge in [-0.1, -0.05) is 43.6 Å². The first-order chi connectivity index (χ1) is 8.21. The molecule has 0 saturated heterocycles. The Bertz CT molecular complexity index is 438. The van der Waals surface area contributed by atoms with Gasteiger partial charge in [0.15, 0.2) is 0 Å². The molecule has 0 heterocycles. The van der Waals surface area contributed by atoms with E-state index in [4.69, 9.17) is 5.73 Å². The Balaban J connectivity index is 2.69. The van der Waals surface area contributed by atoms with E-state index in [9.17, 15) is 4.79 Å². The molecule has 1 amide bonds. The van der Waals surface area contributed by atoms with Crippen LogP contribution in [0.15, 0.2) is 22.7 Å². The molecule has 0 bridgehead atoms. The molecule has 3 N–H and O–H groups in total. The molecule has 1 unspecified atom stereocenters. The van der Waals surface area contributed by atoms with Crippen LogP contribution >= 0.6 is 15.9 Å². The zero-order chi connectivity index (χ0) is 13.9. The molecule has 0 aliphatic heterocycles. The van der Waals surface area contributed by atoms with Gasteiger partial charge in [-0.2, -0.15) is 0 Å². The summed E-state index contributed by atoms with van der Waals surface area (Å²) in [5, 5.41) is 2.93. The van der Waals surface area contributed by atoms with E-state index in [0.717, 1.165) is 4.47 Å². The number of anilines is 1. The maximum absolute atomic E-state index is 12.0. The smallest absolute Gasteiger partial charge is 0.253 e. The fourth-order valence-electron chi connectivity index (χ4n) is 1.37. The number of rotatable bonds is 3. The van der Waals surface area contributed by atoms with Gasteiger partial charge >= 0.3 is 0 Å². The molecule has 0 fully saturated rings. The largest absolute Gasteiger partial charge is 0.398 e. The molecule has 1 atom stereocenters. The van der Waals surface area contributed by atoms with E-state index in [2.05, 4.69) is 48.9 Å². The normalized spacial score (nSPS) is 13.2. The van der Waals surface area contributed by atoms with Gasteiger partial charge in [0, 0.05) is 16.7 Å². The summed E-state index contributed by atoms with van der Waals surface area (Å²) in [5.41, 5.74) is 7.00. The van der Waals surface area contributed by atoms with Crippen LogP contribution in [0.3, 0.4) is 0 Å². The van der Waals surface area contributed by atoms with E-state index in [1.807, 2.05) is 6.07 Å². The van der Waals surface area contributed by atoms with Crippen molar-refractivity contribution in [2.75, 3.05) is 12.3 Å². The Labute approximate surface area is 117 Å². The van der Waals surface area contributed by atoms with Crippen molar-refractivity contribution in [2.45, 2.75) is 27.7 Å². The van der Waals surface area contributed by atoms with Crippen molar-refractivity contribution in [1.82, 2.24) is 5.32 Å². The van der Waals surface area contributed by atoms with Crippen molar-refractivity contribution in [3.63, 3.8) is 0 Å². The second kappa shape index (κ2) is 5.74. The van der Waals surface area contributed by atoms with Crippen molar-refractivity contribution in [3.8, 4) is 0 Å². The Morgan fingerprint density at radius 1 is 1.44 bits per heavy atom. The molecule has 4 heteroatoms. The molecule has 0 aliphatic carbocycles. The van der Waals surface area contributed by atoms with Crippen molar-refractivity contribution in [1.29, 1.82) is 0 Å². The number of halogens is 1. The molecule has 18 heavy (non-hydrogen) atoms. The van der Waals surface area contributed by atoms with E-state index in [1.54, 1.807) is 12.1 Å². The number of carbonyl (C=O) groups excluding carboxylic acids is 1. The number of nitrogens with two attached hydrogens (primary N) is 1. The van der Waals surface area contributed by atoms with E-state index in [0.29, 0.717) is 23.7 Å².